The highest BCUT2D eigenvalue weighted by atomic mass is 32.2. The van der Waals surface area contributed by atoms with E-state index in [1.54, 1.807) is 7.11 Å². The molecular weight excluding hydrogens is 310 g/mol. The lowest BCUT2D eigenvalue weighted by molar-refractivity contribution is -0.115. The molecule has 1 amide bonds. The van der Waals surface area contributed by atoms with Gasteiger partial charge in [-0.05, 0) is 50.2 Å². The van der Waals surface area contributed by atoms with Crippen LogP contribution in [0.3, 0.4) is 0 Å². The summed E-state index contributed by atoms with van der Waals surface area (Å²) in [5.74, 6) is 1.51. The van der Waals surface area contributed by atoms with Gasteiger partial charge in [0.1, 0.15) is 11.5 Å². The average molecular weight is 331 g/mol. The van der Waals surface area contributed by atoms with E-state index >= 15 is 0 Å². The molecule has 23 heavy (non-hydrogen) atoms. The molecule has 2 aromatic carbocycles. The summed E-state index contributed by atoms with van der Waals surface area (Å²) in [4.78, 5) is 13.3. The molecule has 0 bridgehead atoms. The maximum Gasteiger partial charge on any atom is 0.237 e. The van der Waals surface area contributed by atoms with Crippen LogP contribution in [0.4, 0.5) is 5.69 Å². The molecule has 0 radical (unpaired) electrons. The van der Waals surface area contributed by atoms with Crippen LogP contribution in [0.15, 0.2) is 53.4 Å². The minimum atomic E-state index is -0.209. The number of carbonyl (C=O) groups is 1. The number of amides is 1. The Labute approximate surface area is 141 Å². The van der Waals surface area contributed by atoms with E-state index in [4.69, 9.17) is 9.47 Å². The molecule has 0 aliphatic heterocycles. The van der Waals surface area contributed by atoms with Gasteiger partial charge in [0.2, 0.25) is 5.91 Å². The smallest absolute Gasteiger partial charge is 0.237 e. The average Bonchev–Trinajstić information content (AvgIpc) is 2.56. The highest BCUT2D eigenvalue weighted by Gasteiger charge is 2.15. The molecule has 2 rings (SSSR count). The zero-order valence-electron chi connectivity index (χ0n) is 13.5. The number of benzene rings is 2. The monoisotopic (exact) mass is 331 g/mol. The van der Waals surface area contributed by atoms with Crippen molar-refractivity contribution < 1.29 is 14.3 Å². The maximum atomic E-state index is 12.3. The lowest BCUT2D eigenvalue weighted by Crippen LogP contribution is -2.22. The summed E-state index contributed by atoms with van der Waals surface area (Å²) in [6.07, 6.45) is 0. The largest absolute Gasteiger partial charge is 0.497 e. The fourth-order valence-electron chi connectivity index (χ4n) is 1.99. The van der Waals surface area contributed by atoms with Crippen LogP contribution in [0, 0.1) is 0 Å². The van der Waals surface area contributed by atoms with Gasteiger partial charge in [-0.15, -0.1) is 11.8 Å². The van der Waals surface area contributed by atoms with Gasteiger partial charge in [0.15, 0.2) is 0 Å². The molecule has 0 saturated heterocycles. The van der Waals surface area contributed by atoms with Gasteiger partial charge in [-0.1, -0.05) is 6.07 Å². The standard InChI is InChI=1S/C18H21NO3S/c1-4-22-16-7-5-6-14(12-16)19-18(20)13(2)23-17-10-8-15(21-3)9-11-17/h5-13H,4H2,1-3H3,(H,19,20)/t13-/m1/s1. The Bertz CT molecular complexity index is 643. The van der Waals surface area contributed by atoms with E-state index < -0.39 is 0 Å². The molecule has 0 aliphatic rings. The van der Waals surface area contributed by atoms with Crippen molar-refractivity contribution in [3.8, 4) is 11.5 Å². The third-order valence-corrected chi connectivity index (χ3v) is 4.27. The summed E-state index contributed by atoms with van der Waals surface area (Å²) in [5, 5.41) is 2.71. The number of ether oxygens (including phenoxy) is 2. The molecule has 0 unspecified atom stereocenters. The zero-order valence-corrected chi connectivity index (χ0v) is 14.4. The molecule has 1 N–H and O–H groups in total. The number of hydrogen-bond donors (Lipinski definition) is 1. The molecule has 2 aromatic rings. The van der Waals surface area contributed by atoms with Crippen LogP contribution in [0.1, 0.15) is 13.8 Å². The summed E-state index contributed by atoms with van der Waals surface area (Å²) in [6, 6.07) is 15.1. The first kappa shape index (κ1) is 17.2. The predicted octanol–water partition coefficient (Wildman–Crippen LogP) is 4.21. The van der Waals surface area contributed by atoms with Gasteiger partial charge in [0.25, 0.3) is 0 Å². The summed E-state index contributed by atoms with van der Waals surface area (Å²) >= 11 is 1.51. The Balaban J connectivity index is 1.95. The molecule has 0 fully saturated rings. The third-order valence-electron chi connectivity index (χ3n) is 3.15. The number of anilines is 1. The molecule has 1 atom stereocenters. The first-order valence-corrected chi connectivity index (χ1v) is 8.34. The summed E-state index contributed by atoms with van der Waals surface area (Å²) in [7, 11) is 1.63. The van der Waals surface area contributed by atoms with E-state index in [9.17, 15) is 4.79 Å². The number of carbonyl (C=O) groups excluding carboxylic acids is 1. The summed E-state index contributed by atoms with van der Waals surface area (Å²) in [6.45, 7) is 4.41. The Morgan fingerprint density at radius 3 is 2.57 bits per heavy atom. The molecule has 0 spiro atoms. The second kappa shape index (κ2) is 8.48. The fourth-order valence-corrected chi connectivity index (χ4v) is 2.85. The maximum absolute atomic E-state index is 12.3. The van der Waals surface area contributed by atoms with Gasteiger partial charge in [0.05, 0.1) is 19.0 Å². The van der Waals surface area contributed by atoms with Crippen molar-refractivity contribution in [1.29, 1.82) is 0 Å². The van der Waals surface area contributed by atoms with E-state index in [0.717, 1.165) is 22.1 Å². The number of methoxy groups -OCH3 is 1. The second-order valence-electron chi connectivity index (χ2n) is 4.89. The second-order valence-corrected chi connectivity index (χ2v) is 6.30. The first-order chi connectivity index (χ1) is 11.1. The number of rotatable bonds is 7. The van der Waals surface area contributed by atoms with E-state index in [-0.39, 0.29) is 11.2 Å². The number of nitrogens with one attached hydrogen (secondary N) is 1. The van der Waals surface area contributed by atoms with E-state index in [0.29, 0.717) is 6.61 Å². The highest BCUT2D eigenvalue weighted by Crippen LogP contribution is 2.26. The van der Waals surface area contributed by atoms with Gasteiger partial charge >= 0.3 is 0 Å². The SMILES string of the molecule is CCOc1cccc(NC(=O)[C@@H](C)Sc2ccc(OC)cc2)c1. The molecule has 4 nitrogen and oxygen atoms in total. The molecule has 0 aromatic heterocycles. The Kier molecular flexibility index (Phi) is 6.35. The lowest BCUT2D eigenvalue weighted by atomic mass is 10.3. The van der Waals surface area contributed by atoms with Crippen LogP contribution in [-0.2, 0) is 4.79 Å². The Morgan fingerprint density at radius 1 is 1.17 bits per heavy atom. The van der Waals surface area contributed by atoms with Crippen molar-refractivity contribution in [2.24, 2.45) is 0 Å². The molecule has 0 aliphatic carbocycles. The van der Waals surface area contributed by atoms with E-state index in [1.807, 2.05) is 62.4 Å². The van der Waals surface area contributed by atoms with Crippen LogP contribution < -0.4 is 14.8 Å². The lowest BCUT2D eigenvalue weighted by Gasteiger charge is -2.13. The van der Waals surface area contributed by atoms with Gasteiger partial charge in [-0.2, -0.15) is 0 Å². The van der Waals surface area contributed by atoms with Crippen molar-refractivity contribution >= 4 is 23.4 Å². The van der Waals surface area contributed by atoms with Crippen molar-refractivity contribution in [3.63, 3.8) is 0 Å². The van der Waals surface area contributed by atoms with Gasteiger partial charge in [-0.3, -0.25) is 4.79 Å². The molecule has 0 heterocycles. The molecule has 122 valence electrons. The van der Waals surface area contributed by atoms with Gasteiger partial charge < -0.3 is 14.8 Å². The zero-order chi connectivity index (χ0) is 16.7. The number of hydrogen-bond acceptors (Lipinski definition) is 4. The van der Waals surface area contributed by atoms with E-state index in [1.165, 1.54) is 11.8 Å². The van der Waals surface area contributed by atoms with Crippen molar-refractivity contribution in [3.05, 3.63) is 48.5 Å². The van der Waals surface area contributed by atoms with Crippen LogP contribution in [-0.4, -0.2) is 24.9 Å². The minimum Gasteiger partial charge on any atom is -0.497 e. The van der Waals surface area contributed by atoms with Crippen molar-refractivity contribution in [2.75, 3.05) is 19.0 Å². The van der Waals surface area contributed by atoms with Crippen LogP contribution in [0.2, 0.25) is 0 Å². The topological polar surface area (TPSA) is 47.6 Å². The van der Waals surface area contributed by atoms with E-state index in [2.05, 4.69) is 5.32 Å². The minimum absolute atomic E-state index is 0.0422. The molecule has 5 heteroatoms. The van der Waals surface area contributed by atoms with Gasteiger partial charge in [0, 0.05) is 16.6 Å². The van der Waals surface area contributed by atoms with Crippen LogP contribution >= 0.6 is 11.8 Å². The van der Waals surface area contributed by atoms with Crippen LogP contribution in [0.5, 0.6) is 11.5 Å². The van der Waals surface area contributed by atoms with Crippen molar-refractivity contribution in [2.45, 2.75) is 24.0 Å². The van der Waals surface area contributed by atoms with Crippen LogP contribution in [0.25, 0.3) is 0 Å². The highest BCUT2D eigenvalue weighted by molar-refractivity contribution is 8.00. The molecule has 0 saturated carbocycles. The van der Waals surface area contributed by atoms with Gasteiger partial charge in [-0.25, -0.2) is 0 Å². The predicted molar refractivity (Wildman–Crippen MR) is 94.6 cm³/mol. The fraction of sp³-hybridized carbons (Fsp3) is 0.278. The summed E-state index contributed by atoms with van der Waals surface area (Å²) < 4.78 is 10.6. The normalized spacial score (nSPS) is 11.6. The quantitative estimate of drug-likeness (QED) is 0.772. The Hall–Kier alpha value is -2.14. The molecular formula is C18H21NO3S. The number of thioether (sulfide) groups is 1. The Morgan fingerprint density at radius 2 is 1.91 bits per heavy atom. The summed E-state index contributed by atoms with van der Waals surface area (Å²) in [5.41, 5.74) is 0.739. The first-order valence-electron chi connectivity index (χ1n) is 7.46. The third kappa shape index (κ3) is 5.21. The van der Waals surface area contributed by atoms with Crippen molar-refractivity contribution in [1.82, 2.24) is 0 Å².